The lowest BCUT2D eigenvalue weighted by Gasteiger charge is -2.31. The molecule has 0 spiro atoms. The van der Waals surface area contributed by atoms with Crippen LogP contribution in [-0.2, 0) is 0 Å². The molecule has 0 aromatic rings. The van der Waals surface area contributed by atoms with Crippen LogP contribution in [0, 0.1) is 11.8 Å². The molecule has 2 aliphatic rings. The highest BCUT2D eigenvalue weighted by Crippen LogP contribution is 2.38. The van der Waals surface area contributed by atoms with E-state index < -0.39 is 0 Å². The molecule has 2 heteroatoms. The van der Waals surface area contributed by atoms with Crippen LogP contribution in [0.3, 0.4) is 0 Å². The molecule has 88 valence electrons. The Hall–Kier alpha value is 0.690. The second kappa shape index (κ2) is 5.85. The molecule has 0 amide bonds. The third kappa shape index (κ3) is 3.58. The van der Waals surface area contributed by atoms with E-state index in [2.05, 4.69) is 22.6 Å². The van der Waals surface area contributed by atoms with Crippen molar-refractivity contribution in [3.63, 3.8) is 0 Å². The fourth-order valence-electron chi connectivity index (χ4n) is 3.33. The second-order valence-corrected chi connectivity index (χ2v) is 7.20. The molecule has 15 heavy (non-hydrogen) atoms. The van der Waals surface area contributed by atoms with E-state index in [-0.39, 0.29) is 6.10 Å². The largest absolute Gasteiger partial charge is 0.393 e. The smallest absolute Gasteiger partial charge is 0.0540 e. The van der Waals surface area contributed by atoms with Crippen LogP contribution in [0.2, 0.25) is 0 Å². The molecule has 0 aliphatic heterocycles. The van der Waals surface area contributed by atoms with Crippen molar-refractivity contribution in [3.05, 3.63) is 0 Å². The molecule has 2 rings (SSSR count). The predicted octanol–water partition coefficient (Wildman–Crippen LogP) is 3.92. The average Bonchev–Trinajstić information content (AvgIpc) is 2.44. The minimum absolute atomic E-state index is 0.0179. The van der Waals surface area contributed by atoms with E-state index in [0.717, 1.165) is 28.6 Å². The SMILES string of the molecule is OC1CCC(C2CCCC(I)CC2)CC1. The van der Waals surface area contributed by atoms with E-state index in [1.807, 2.05) is 0 Å². The minimum Gasteiger partial charge on any atom is -0.393 e. The van der Waals surface area contributed by atoms with Gasteiger partial charge in [0.15, 0.2) is 0 Å². The molecule has 0 bridgehead atoms. The lowest BCUT2D eigenvalue weighted by Crippen LogP contribution is -2.24. The quantitative estimate of drug-likeness (QED) is 0.441. The summed E-state index contributed by atoms with van der Waals surface area (Å²) >= 11 is 2.63. The second-order valence-electron chi connectivity index (χ2n) is 5.43. The molecular formula is C13H23IO. The Morgan fingerprint density at radius 2 is 1.33 bits per heavy atom. The minimum atomic E-state index is 0.0179. The number of aliphatic hydroxyl groups is 1. The zero-order chi connectivity index (χ0) is 10.7. The first-order chi connectivity index (χ1) is 7.25. The first-order valence-corrected chi connectivity index (χ1v) is 7.82. The summed E-state index contributed by atoms with van der Waals surface area (Å²) in [6, 6.07) is 0. The Morgan fingerprint density at radius 1 is 0.733 bits per heavy atom. The third-order valence-corrected chi connectivity index (χ3v) is 5.60. The highest BCUT2D eigenvalue weighted by molar-refractivity contribution is 14.1. The number of rotatable bonds is 1. The average molecular weight is 322 g/mol. The van der Waals surface area contributed by atoms with Crippen molar-refractivity contribution in [1.29, 1.82) is 0 Å². The van der Waals surface area contributed by atoms with Gasteiger partial charge < -0.3 is 5.11 Å². The Balaban J connectivity index is 1.82. The molecule has 2 unspecified atom stereocenters. The van der Waals surface area contributed by atoms with Crippen molar-refractivity contribution < 1.29 is 5.11 Å². The summed E-state index contributed by atoms with van der Waals surface area (Å²) < 4.78 is 0.932. The van der Waals surface area contributed by atoms with Crippen molar-refractivity contribution >= 4 is 22.6 Å². The maximum Gasteiger partial charge on any atom is 0.0540 e. The van der Waals surface area contributed by atoms with Gasteiger partial charge in [-0.3, -0.25) is 0 Å². The number of alkyl halides is 1. The van der Waals surface area contributed by atoms with E-state index in [4.69, 9.17) is 0 Å². The monoisotopic (exact) mass is 322 g/mol. The van der Waals surface area contributed by atoms with Crippen LogP contribution in [0.25, 0.3) is 0 Å². The van der Waals surface area contributed by atoms with Gasteiger partial charge in [-0.05, 0) is 56.8 Å². The maximum absolute atomic E-state index is 9.52. The van der Waals surface area contributed by atoms with E-state index in [1.165, 1.54) is 44.9 Å². The van der Waals surface area contributed by atoms with E-state index in [0.29, 0.717) is 0 Å². The summed E-state index contributed by atoms with van der Waals surface area (Å²) in [6.07, 6.45) is 12.0. The topological polar surface area (TPSA) is 20.2 Å². The van der Waals surface area contributed by atoms with Crippen molar-refractivity contribution in [1.82, 2.24) is 0 Å². The molecule has 0 aromatic carbocycles. The van der Waals surface area contributed by atoms with Crippen LogP contribution in [0.5, 0.6) is 0 Å². The molecule has 0 aromatic heterocycles. The summed E-state index contributed by atoms with van der Waals surface area (Å²) in [4.78, 5) is 0. The van der Waals surface area contributed by atoms with Crippen molar-refractivity contribution in [2.24, 2.45) is 11.8 Å². The lowest BCUT2D eigenvalue weighted by molar-refractivity contribution is 0.0876. The number of hydrogen-bond donors (Lipinski definition) is 1. The van der Waals surface area contributed by atoms with Gasteiger partial charge in [-0.15, -0.1) is 0 Å². The number of halogens is 1. The number of hydrogen-bond acceptors (Lipinski definition) is 1. The van der Waals surface area contributed by atoms with Crippen LogP contribution in [-0.4, -0.2) is 15.1 Å². The summed E-state index contributed by atoms with van der Waals surface area (Å²) in [5.41, 5.74) is 0. The number of aliphatic hydroxyl groups excluding tert-OH is 1. The van der Waals surface area contributed by atoms with Gasteiger partial charge in [0.2, 0.25) is 0 Å². The summed E-state index contributed by atoms with van der Waals surface area (Å²) in [5.74, 6) is 1.92. The van der Waals surface area contributed by atoms with Crippen LogP contribution in [0.4, 0.5) is 0 Å². The van der Waals surface area contributed by atoms with E-state index >= 15 is 0 Å². The van der Waals surface area contributed by atoms with Gasteiger partial charge in [0.1, 0.15) is 0 Å². The Kier molecular flexibility index (Phi) is 4.74. The lowest BCUT2D eigenvalue weighted by atomic mass is 9.76. The summed E-state index contributed by atoms with van der Waals surface area (Å²) in [5, 5.41) is 9.52. The van der Waals surface area contributed by atoms with Gasteiger partial charge in [0.25, 0.3) is 0 Å². The fourth-order valence-corrected chi connectivity index (χ4v) is 4.13. The molecular weight excluding hydrogens is 299 g/mol. The molecule has 0 radical (unpaired) electrons. The van der Waals surface area contributed by atoms with Gasteiger partial charge in [-0.25, -0.2) is 0 Å². The maximum atomic E-state index is 9.52. The van der Waals surface area contributed by atoms with Gasteiger partial charge in [-0.1, -0.05) is 35.4 Å². The molecule has 2 atom stereocenters. The van der Waals surface area contributed by atoms with Crippen LogP contribution >= 0.6 is 22.6 Å². The zero-order valence-electron chi connectivity index (χ0n) is 9.50. The van der Waals surface area contributed by atoms with Crippen molar-refractivity contribution in [2.75, 3.05) is 0 Å². The molecule has 0 heterocycles. The highest BCUT2D eigenvalue weighted by Gasteiger charge is 2.28. The standard InChI is InChI=1S/C13H23IO/c14-12-3-1-2-10(4-7-12)11-5-8-13(15)9-6-11/h10-13,15H,1-9H2. The summed E-state index contributed by atoms with van der Waals surface area (Å²) in [6.45, 7) is 0. The first-order valence-electron chi connectivity index (χ1n) is 6.58. The van der Waals surface area contributed by atoms with Crippen LogP contribution in [0.1, 0.15) is 57.8 Å². The molecule has 2 fully saturated rings. The summed E-state index contributed by atoms with van der Waals surface area (Å²) in [7, 11) is 0. The normalized spacial score (nSPS) is 43.6. The van der Waals surface area contributed by atoms with Crippen LogP contribution < -0.4 is 0 Å². The highest BCUT2D eigenvalue weighted by atomic mass is 127. The predicted molar refractivity (Wildman–Crippen MR) is 72.3 cm³/mol. The van der Waals surface area contributed by atoms with Gasteiger partial charge in [0.05, 0.1) is 6.10 Å². The Labute approximate surface area is 107 Å². The Bertz CT molecular complexity index is 187. The van der Waals surface area contributed by atoms with E-state index in [1.54, 1.807) is 0 Å². The van der Waals surface area contributed by atoms with Gasteiger partial charge in [-0.2, -0.15) is 0 Å². The molecule has 0 saturated heterocycles. The van der Waals surface area contributed by atoms with Crippen LogP contribution in [0.15, 0.2) is 0 Å². The van der Waals surface area contributed by atoms with Gasteiger partial charge in [0, 0.05) is 3.92 Å². The van der Waals surface area contributed by atoms with E-state index in [9.17, 15) is 5.11 Å². The molecule has 2 saturated carbocycles. The zero-order valence-corrected chi connectivity index (χ0v) is 11.7. The molecule has 1 N–H and O–H groups in total. The first kappa shape index (κ1) is 12.2. The third-order valence-electron chi connectivity index (χ3n) is 4.35. The van der Waals surface area contributed by atoms with Crippen molar-refractivity contribution in [2.45, 2.75) is 67.8 Å². The van der Waals surface area contributed by atoms with Crippen molar-refractivity contribution in [3.8, 4) is 0 Å². The molecule has 1 nitrogen and oxygen atoms in total. The fraction of sp³-hybridized carbons (Fsp3) is 1.00. The van der Waals surface area contributed by atoms with Gasteiger partial charge >= 0.3 is 0 Å². The molecule has 2 aliphatic carbocycles. The Morgan fingerprint density at radius 3 is 2.07 bits per heavy atom.